The molecule has 0 aliphatic carbocycles. The number of aliphatic carboxylic acids is 1. The molecule has 2 heterocycles. The first-order valence-electron chi connectivity index (χ1n) is 5.53. The first-order valence-corrected chi connectivity index (χ1v) is 7.56. The van der Waals surface area contributed by atoms with E-state index in [1.54, 1.807) is 17.4 Å². The Kier molecular flexibility index (Phi) is 4.65. The zero-order valence-electron chi connectivity index (χ0n) is 9.46. The van der Waals surface area contributed by atoms with Gasteiger partial charge in [-0.05, 0) is 23.1 Å². The molecule has 0 spiro atoms. The van der Waals surface area contributed by atoms with Crippen molar-refractivity contribution in [1.82, 2.24) is 4.90 Å². The van der Waals surface area contributed by atoms with Gasteiger partial charge in [-0.1, -0.05) is 0 Å². The Bertz CT molecular complexity index is 408. The van der Waals surface area contributed by atoms with Gasteiger partial charge in [0.05, 0.1) is 0 Å². The van der Waals surface area contributed by atoms with Crippen molar-refractivity contribution in [3.05, 3.63) is 28.0 Å². The molecule has 1 fully saturated rings. The first-order chi connectivity index (χ1) is 8.25. The third-order valence-electron chi connectivity index (χ3n) is 2.66. The van der Waals surface area contributed by atoms with Gasteiger partial charge < -0.3 is 5.11 Å². The molecule has 1 aromatic heterocycles. The van der Waals surface area contributed by atoms with Gasteiger partial charge in [0.25, 0.3) is 0 Å². The van der Waals surface area contributed by atoms with Gasteiger partial charge in [-0.3, -0.25) is 4.90 Å². The minimum atomic E-state index is -0.892. The molecule has 0 aromatic carbocycles. The van der Waals surface area contributed by atoms with Crippen LogP contribution in [0.2, 0.25) is 0 Å². The molecule has 0 atom stereocenters. The van der Waals surface area contributed by atoms with Crippen LogP contribution < -0.4 is 0 Å². The fraction of sp³-hybridized carbons (Fsp3) is 0.417. The van der Waals surface area contributed by atoms with Crippen LogP contribution in [0.1, 0.15) is 10.4 Å². The lowest BCUT2D eigenvalue weighted by Crippen LogP contribution is -2.31. The lowest BCUT2D eigenvalue weighted by molar-refractivity contribution is -0.131. The summed E-state index contributed by atoms with van der Waals surface area (Å²) in [5.74, 6) is 1.51. The number of carboxylic acid groups (broad SMARTS) is 1. The van der Waals surface area contributed by atoms with Crippen molar-refractivity contribution in [3.63, 3.8) is 0 Å². The summed E-state index contributed by atoms with van der Waals surface area (Å²) in [5, 5.41) is 10.7. The Labute approximate surface area is 109 Å². The highest BCUT2D eigenvalue weighted by molar-refractivity contribution is 7.99. The number of rotatable bonds is 4. The molecule has 17 heavy (non-hydrogen) atoms. The average molecular weight is 269 g/mol. The minimum Gasteiger partial charge on any atom is -0.478 e. The quantitative estimate of drug-likeness (QED) is 0.852. The summed E-state index contributed by atoms with van der Waals surface area (Å²) in [7, 11) is 0. The van der Waals surface area contributed by atoms with Crippen molar-refractivity contribution in [2.75, 3.05) is 24.6 Å². The molecule has 2 rings (SSSR count). The largest absolute Gasteiger partial charge is 0.478 e. The van der Waals surface area contributed by atoms with Gasteiger partial charge in [0.1, 0.15) is 0 Å². The number of carboxylic acids is 1. The Morgan fingerprint density at radius 2 is 2.24 bits per heavy atom. The molecular weight excluding hydrogens is 254 g/mol. The third-order valence-corrected chi connectivity index (χ3v) is 4.52. The lowest BCUT2D eigenvalue weighted by atomic mass is 10.2. The zero-order chi connectivity index (χ0) is 12.1. The van der Waals surface area contributed by atoms with Crippen LogP contribution >= 0.6 is 23.1 Å². The van der Waals surface area contributed by atoms with E-state index < -0.39 is 5.97 Å². The summed E-state index contributed by atoms with van der Waals surface area (Å²) < 4.78 is 0. The molecule has 92 valence electrons. The number of carbonyl (C=O) groups is 1. The maximum atomic E-state index is 10.5. The molecule has 0 saturated carbocycles. The Balaban J connectivity index is 2.00. The highest BCUT2D eigenvalue weighted by Crippen LogP contribution is 2.22. The average Bonchev–Trinajstić information content (AvgIpc) is 2.75. The summed E-state index contributed by atoms with van der Waals surface area (Å²) in [6, 6.07) is 1.98. The van der Waals surface area contributed by atoms with Crippen LogP contribution in [0.25, 0.3) is 6.08 Å². The second kappa shape index (κ2) is 6.23. The molecule has 1 aliphatic heterocycles. The highest BCUT2D eigenvalue weighted by atomic mass is 32.2. The lowest BCUT2D eigenvalue weighted by Gasteiger charge is -2.25. The van der Waals surface area contributed by atoms with E-state index in [0.29, 0.717) is 0 Å². The Hall–Kier alpha value is -0.780. The Morgan fingerprint density at radius 1 is 1.47 bits per heavy atom. The van der Waals surface area contributed by atoms with Gasteiger partial charge in [0.15, 0.2) is 0 Å². The smallest absolute Gasteiger partial charge is 0.328 e. The molecule has 1 aromatic rings. The van der Waals surface area contributed by atoms with Crippen LogP contribution in [-0.4, -0.2) is 40.6 Å². The van der Waals surface area contributed by atoms with Crippen LogP contribution in [-0.2, 0) is 11.3 Å². The van der Waals surface area contributed by atoms with Crippen LogP contribution in [0.4, 0.5) is 0 Å². The topological polar surface area (TPSA) is 40.5 Å². The minimum absolute atomic E-state index is 0.892. The van der Waals surface area contributed by atoms with Crippen molar-refractivity contribution in [2.24, 2.45) is 0 Å². The molecule has 0 radical (unpaired) electrons. The number of hydrogen-bond acceptors (Lipinski definition) is 4. The maximum Gasteiger partial charge on any atom is 0.328 e. The molecule has 1 N–H and O–H groups in total. The normalized spacial score (nSPS) is 17.6. The molecule has 1 saturated heterocycles. The maximum absolute atomic E-state index is 10.5. The van der Waals surface area contributed by atoms with Crippen LogP contribution in [0.3, 0.4) is 0 Å². The fourth-order valence-electron chi connectivity index (χ4n) is 1.75. The number of hydrogen-bond donors (Lipinski definition) is 1. The van der Waals surface area contributed by atoms with Gasteiger partial charge in [0.2, 0.25) is 0 Å². The van der Waals surface area contributed by atoms with E-state index in [-0.39, 0.29) is 0 Å². The fourth-order valence-corrected chi connectivity index (χ4v) is 3.64. The van der Waals surface area contributed by atoms with Crippen LogP contribution in [0.15, 0.2) is 17.5 Å². The summed E-state index contributed by atoms with van der Waals surface area (Å²) in [4.78, 5) is 14.2. The van der Waals surface area contributed by atoms with E-state index in [9.17, 15) is 4.79 Å². The number of thiophene rings is 1. The molecule has 0 unspecified atom stereocenters. The third kappa shape index (κ3) is 3.87. The number of nitrogens with zero attached hydrogens (tertiary/aromatic N) is 1. The van der Waals surface area contributed by atoms with Gasteiger partial charge in [-0.15, -0.1) is 11.3 Å². The molecule has 5 heteroatoms. The van der Waals surface area contributed by atoms with Gasteiger partial charge in [-0.2, -0.15) is 11.8 Å². The van der Waals surface area contributed by atoms with E-state index in [4.69, 9.17) is 5.11 Å². The van der Waals surface area contributed by atoms with Gasteiger partial charge >= 0.3 is 5.97 Å². The van der Waals surface area contributed by atoms with E-state index in [0.717, 1.165) is 25.2 Å². The summed E-state index contributed by atoms with van der Waals surface area (Å²) >= 11 is 3.70. The van der Waals surface area contributed by atoms with Crippen molar-refractivity contribution >= 4 is 35.1 Å². The van der Waals surface area contributed by atoms with Crippen LogP contribution in [0, 0.1) is 0 Å². The second-order valence-corrected chi connectivity index (χ2v) is 6.08. The monoisotopic (exact) mass is 269 g/mol. The number of thioether (sulfide) groups is 1. The first kappa shape index (κ1) is 12.7. The van der Waals surface area contributed by atoms with Crippen molar-refractivity contribution in [1.29, 1.82) is 0 Å². The van der Waals surface area contributed by atoms with Crippen molar-refractivity contribution in [2.45, 2.75) is 6.54 Å². The molecule has 0 bridgehead atoms. The second-order valence-electron chi connectivity index (χ2n) is 3.86. The molecular formula is C12H15NO2S2. The van der Waals surface area contributed by atoms with E-state index in [1.807, 2.05) is 23.2 Å². The van der Waals surface area contributed by atoms with Gasteiger partial charge in [0, 0.05) is 42.1 Å². The Morgan fingerprint density at radius 3 is 2.94 bits per heavy atom. The van der Waals surface area contributed by atoms with Crippen molar-refractivity contribution < 1.29 is 9.90 Å². The SMILES string of the molecule is O=C(O)C=Cc1ccsc1CN1CCSCC1. The van der Waals surface area contributed by atoms with E-state index in [2.05, 4.69) is 4.90 Å². The zero-order valence-corrected chi connectivity index (χ0v) is 11.1. The molecule has 1 aliphatic rings. The van der Waals surface area contributed by atoms with Crippen molar-refractivity contribution in [3.8, 4) is 0 Å². The predicted octanol–water partition coefficient (Wildman–Crippen LogP) is 2.39. The molecule has 0 amide bonds. The summed E-state index contributed by atoms with van der Waals surface area (Å²) in [5.41, 5.74) is 1.04. The van der Waals surface area contributed by atoms with Gasteiger partial charge in [-0.25, -0.2) is 4.79 Å². The summed E-state index contributed by atoms with van der Waals surface area (Å²) in [6.45, 7) is 3.20. The molecule has 3 nitrogen and oxygen atoms in total. The van der Waals surface area contributed by atoms with Crippen LogP contribution in [0.5, 0.6) is 0 Å². The summed E-state index contributed by atoms with van der Waals surface area (Å²) in [6.07, 6.45) is 2.89. The predicted molar refractivity (Wildman–Crippen MR) is 73.6 cm³/mol. The standard InChI is InChI=1S/C12H15NO2S2/c14-12(15)2-1-10-3-6-17-11(10)9-13-4-7-16-8-5-13/h1-3,6H,4-5,7-9H2,(H,14,15). The van der Waals surface area contributed by atoms with E-state index in [1.165, 1.54) is 22.5 Å². The highest BCUT2D eigenvalue weighted by Gasteiger charge is 2.12. The van der Waals surface area contributed by atoms with E-state index >= 15 is 0 Å².